The highest BCUT2D eigenvalue weighted by Crippen LogP contribution is 2.14. The van der Waals surface area contributed by atoms with E-state index in [0.29, 0.717) is 0 Å². The molecule has 106 valence electrons. The number of hydrogen-bond acceptors (Lipinski definition) is 2. The molecule has 0 amide bonds. The highest BCUT2D eigenvalue weighted by atomic mass is 16.5. The average molecular weight is 269 g/mol. The second kappa shape index (κ2) is 7.68. The fourth-order valence-electron chi connectivity index (χ4n) is 2.07. The topological polar surface area (TPSA) is 22.1 Å². The molecule has 0 aliphatic heterocycles. The van der Waals surface area contributed by atoms with Gasteiger partial charge in [-0.1, -0.05) is 32.0 Å². The Morgan fingerprint density at radius 3 is 2.20 bits per heavy atom. The van der Waals surface area contributed by atoms with Crippen molar-refractivity contribution in [2.24, 2.45) is 0 Å². The Hall–Kier alpha value is -1.83. The molecule has 1 heterocycles. The molecular formula is C18H23NO. The first kappa shape index (κ1) is 14.6. The Morgan fingerprint density at radius 2 is 1.60 bits per heavy atom. The molecule has 2 rings (SSSR count). The number of nitrogens with zero attached hydrogens (tertiary/aromatic N) is 1. The molecule has 0 aliphatic carbocycles. The van der Waals surface area contributed by atoms with E-state index in [4.69, 9.17) is 4.74 Å². The van der Waals surface area contributed by atoms with E-state index in [0.717, 1.165) is 43.7 Å². The minimum atomic E-state index is 0.787. The van der Waals surface area contributed by atoms with Gasteiger partial charge in [-0.05, 0) is 55.0 Å². The van der Waals surface area contributed by atoms with E-state index < -0.39 is 0 Å². The molecule has 0 saturated carbocycles. The molecule has 0 atom stereocenters. The lowest BCUT2D eigenvalue weighted by atomic mass is 10.1. The van der Waals surface area contributed by atoms with Crippen LogP contribution < -0.4 is 4.74 Å². The zero-order valence-electron chi connectivity index (χ0n) is 12.4. The summed E-state index contributed by atoms with van der Waals surface area (Å²) in [6.45, 7) is 5.03. The van der Waals surface area contributed by atoms with Gasteiger partial charge in [-0.2, -0.15) is 0 Å². The van der Waals surface area contributed by atoms with Crippen LogP contribution in [0.1, 0.15) is 37.1 Å². The summed E-state index contributed by atoms with van der Waals surface area (Å²) in [7, 11) is 0. The number of hydrogen-bond donors (Lipinski definition) is 0. The first-order valence-corrected chi connectivity index (χ1v) is 7.47. The van der Waals surface area contributed by atoms with Crippen molar-refractivity contribution < 1.29 is 4.74 Å². The van der Waals surface area contributed by atoms with E-state index >= 15 is 0 Å². The summed E-state index contributed by atoms with van der Waals surface area (Å²) >= 11 is 0. The molecule has 20 heavy (non-hydrogen) atoms. The van der Waals surface area contributed by atoms with Gasteiger partial charge in [0.05, 0.1) is 6.61 Å². The van der Waals surface area contributed by atoms with Crippen LogP contribution >= 0.6 is 0 Å². The molecule has 0 spiro atoms. The number of aryl methyl sites for hydroxylation is 3. The van der Waals surface area contributed by atoms with Crippen LogP contribution in [-0.4, -0.2) is 11.6 Å². The highest BCUT2D eigenvalue weighted by Gasteiger charge is 1.99. The number of ether oxygens (including phenoxy) is 1. The summed E-state index contributed by atoms with van der Waals surface area (Å²) in [5, 5.41) is 0. The molecule has 2 aromatic rings. The predicted octanol–water partition coefficient (Wildman–Crippen LogP) is 4.22. The second-order valence-electron chi connectivity index (χ2n) is 5.00. The lowest BCUT2D eigenvalue weighted by molar-refractivity contribution is 0.317. The van der Waals surface area contributed by atoms with Crippen LogP contribution in [0.5, 0.6) is 5.75 Å². The molecule has 1 aromatic heterocycles. The molecule has 2 nitrogen and oxygen atoms in total. The molecule has 1 aromatic carbocycles. The fourth-order valence-corrected chi connectivity index (χ4v) is 2.07. The Morgan fingerprint density at radius 1 is 0.900 bits per heavy atom. The van der Waals surface area contributed by atoms with E-state index in [1.165, 1.54) is 11.1 Å². The molecule has 0 aliphatic rings. The maximum absolute atomic E-state index is 5.59. The van der Waals surface area contributed by atoms with Crippen LogP contribution in [0.3, 0.4) is 0 Å². The van der Waals surface area contributed by atoms with Crippen LogP contribution in [0, 0.1) is 0 Å². The van der Waals surface area contributed by atoms with Gasteiger partial charge in [-0.25, -0.2) is 0 Å². The minimum Gasteiger partial charge on any atom is -0.494 e. The van der Waals surface area contributed by atoms with Gasteiger partial charge in [0.2, 0.25) is 0 Å². The zero-order valence-corrected chi connectivity index (χ0v) is 12.4. The summed E-state index contributed by atoms with van der Waals surface area (Å²) in [6, 6.07) is 12.7. The molecule has 0 unspecified atom stereocenters. The summed E-state index contributed by atoms with van der Waals surface area (Å²) in [5.74, 6) is 0.963. The van der Waals surface area contributed by atoms with E-state index in [1.54, 1.807) is 0 Å². The average Bonchev–Trinajstić information content (AvgIpc) is 2.52. The Balaban J connectivity index is 1.86. The maximum atomic E-state index is 5.59. The molecular weight excluding hydrogens is 246 g/mol. The van der Waals surface area contributed by atoms with Crippen molar-refractivity contribution in [1.29, 1.82) is 0 Å². The van der Waals surface area contributed by atoms with E-state index in [-0.39, 0.29) is 0 Å². The maximum Gasteiger partial charge on any atom is 0.119 e. The second-order valence-corrected chi connectivity index (χ2v) is 5.00. The van der Waals surface area contributed by atoms with Crippen LogP contribution in [0.15, 0.2) is 42.6 Å². The van der Waals surface area contributed by atoms with Gasteiger partial charge in [0.1, 0.15) is 5.75 Å². The number of aromatic nitrogens is 1. The molecule has 0 fully saturated rings. The van der Waals surface area contributed by atoms with Crippen LogP contribution in [-0.2, 0) is 19.3 Å². The fraction of sp³-hybridized carbons (Fsp3) is 0.389. The lowest BCUT2D eigenvalue weighted by Crippen LogP contribution is -1.96. The van der Waals surface area contributed by atoms with E-state index in [1.807, 2.05) is 6.20 Å². The van der Waals surface area contributed by atoms with Crippen LogP contribution in [0.25, 0.3) is 0 Å². The van der Waals surface area contributed by atoms with Crippen molar-refractivity contribution in [3.63, 3.8) is 0 Å². The van der Waals surface area contributed by atoms with Crippen molar-refractivity contribution in [2.45, 2.75) is 39.5 Å². The Kier molecular flexibility index (Phi) is 5.60. The normalized spacial score (nSPS) is 10.5. The van der Waals surface area contributed by atoms with Gasteiger partial charge in [0.25, 0.3) is 0 Å². The molecule has 0 bridgehead atoms. The van der Waals surface area contributed by atoms with Crippen molar-refractivity contribution >= 4 is 0 Å². The first-order chi connectivity index (χ1) is 9.81. The summed E-state index contributed by atoms with van der Waals surface area (Å²) in [5.41, 5.74) is 3.80. The highest BCUT2D eigenvalue weighted by molar-refractivity contribution is 5.28. The van der Waals surface area contributed by atoms with Crippen LogP contribution in [0.4, 0.5) is 0 Å². The Bertz CT molecular complexity index is 502. The van der Waals surface area contributed by atoms with E-state index in [9.17, 15) is 0 Å². The first-order valence-electron chi connectivity index (χ1n) is 7.47. The van der Waals surface area contributed by atoms with Gasteiger partial charge in [0.15, 0.2) is 0 Å². The van der Waals surface area contributed by atoms with Crippen LogP contribution in [0.2, 0.25) is 0 Å². The SMILES string of the molecule is CCCOc1ccc(CCc2ccc(CC)nc2)cc1. The third-order valence-corrected chi connectivity index (χ3v) is 3.35. The smallest absolute Gasteiger partial charge is 0.119 e. The van der Waals surface area contributed by atoms with Gasteiger partial charge in [-0.15, -0.1) is 0 Å². The van der Waals surface area contributed by atoms with Crippen molar-refractivity contribution in [1.82, 2.24) is 4.98 Å². The summed E-state index contributed by atoms with van der Waals surface area (Å²) < 4.78 is 5.59. The molecule has 0 saturated heterocycles. The van der Waals surface area contributed by atoms with Crippen molar-refractivity contribution in [2.75, 3.05) is 6.61 Å². The largest absolute Gasteiger partial charge is 0.494 e. The van der Waals surface area contributed by atoms with Gasteiger partial charge >= 0.3 is 0 Å². The quantitative estimate of drug-likeness (QED) is 0.751. The molecule has 0 radical (unpaired) electrons. The predicted molar refractivity (Wildman–Crippen MR) is 83.3 cm³/mol. The summed E-state index contributed by atoms with van der Waals surface area (Å²) in [6.07, 6.45) is 6.12. The van der Waals surface area contributed by atoms with E-state index in [2.05, 4.69) is 55.2 Å². The van der Waals surface area contributed by atoms with Crippen molar-refractivity contribution in [3.8, 4) is 5.75 Å². The third kappa shape index (κ3) is 4.37. The minimum absolute atomic E-state index is 0.787. The van der Waals surface area contributed by atoms with Crippen molar-refractivity contribution in [3.05, 3.63) is 59.4 Å². The Labute approximate surface area is 121 Å². The third-order valence-electron chi connectivity index (χ3n) is 3.35. The van der Waals surface area contributed by atoms with Gasteiger partial charge < -0.3 is 4.74 Å². The molecule has 0 N–H and O–H groups in total. The summed E-state index contributed by atoms with van der Waals surface area (Å²) in [4.78, 5) is 4.44. The number of benzene rings is 1. The zero-order chi connectivity index (χ0) is 14.2. The number of pyridine rings is 1. The monoisotopic (exact) mass is 269 g/mol. The van der Waals surface area contributed by atoms with Gasteiger partial charge in [-0.3, -0.25) is 4.98 Å². The van der Waals surface area contributed by atoms with Gasteiger partial charge in [0, 0.05) is 11.9 Å². The molecule has 2 heteroatoms. The lowest BCUT2D eigenvalue weighted by Gasteiger charge is -2.06. The standard InChI is InChI=1S/C18H23NO/c1-3-13-20-18-11-8-15(9-12-18)5-6-16-7-10-17(4-2)19-14-16/h7-12,14H,3-6,13H2,1-2H3. The number of rotatable bonds is 7.